The minimum Gasteiger partial charge on any atom is -0.299 e. The molecule has 110 valence electrons. The monoisotopic (exact) mass is 372 g/mol. The van der Waals surface area contributed by atoms with Crippen molar-refractivity contribution in [3.8, 4) is 6.07 Å². The summed E-state index contributed by atoms with van der Waals surface area (Å²) in [5.74, 6) is 0. The van der Waals surface area contributed by atoms with E-state index in [4.69, 9.17) is 0 Å². The molecule has 0 unspecified atom stereocenters. The number of pyridine rings is 1. The zero-order chi connectivity index (χ0) is 15.9. The van der Waals surface area contributed by atoms with Gasteiger partial charge in [-0.3, -0.25) is 4.40 Å². The molecule has 3 aromatic heterocycles. The van der Waals surface area contributed by atoms with E-state index in [1.165, 1.54) is 11.3 Å². The molecule has 0 radical (unpaired) electrons. The second kappa shape index (κ2) is 5.67. The highest BCUT2D eigenvalue weighted by Gasteiger charge is 2.11. The molecule has 0 bridgehead atoms. The first-order valence-electron chi connectivity index (χ1n) is 6.69. The van der Waals surface area contributed by atoms with Gasteiger partial charge in [-0.25, -0.2) is 9.97 Å². The van der Waals surface area contributed by atoms with Crippen molar-refractivity contribution in [1.29, 1.82) is 5.26 Å². The summed E-state index contributed by atoms with van der Waals surface area (Å²) in [6, 6.07) is 4.27. The van der Waals surface area contributed by atoms with Gasteiger partial charge in [0.2, 0.25) is 0 Å². The highest BCUT2D eigenvalue weighted by molar-refractivity contribution is 9.10. The molecule has 0 aliphatic carbocycles. The van der Waals surface area contributed by atoms with Crippen molar-refractivity contribution in [2.24, 2.45) is 0 Å². The number of aromatic nitrogens is 3. The van der Waals surface area contributed by atoms with Gasteiger partial charge in [-0.15, -0.1) is 11.3 Å². The number of hydrogen-bond acceptors (Lipinski definition) is 4. The number of imidazole rings is 1. The fraction of sp³-hybridized carbons (Fsp3) is 0.188. The third-order valence-corrected chi connectivity index (χ3v) is 5.00. The van der Waals surface area contributed by atoms with Crippen LogP contribution in [0, 0.1) is 32.1 Å². The highest BCUT2D eigenvalue weighted by Crippen LogP contribution is 2.26. The molecular weight excluding hydrogens is 360 g/mol. The number of halogens is 1. The second-order valence-corrected chi connectivity index (χ2v) is 7.17. The summed E-state index contributed by atoms with van der Waals surface area (Å²) in [5, 5.41) is 10.2. The molecule has 0 atom stereocenters. The Morgan fingerprint density at radius 1 is 1.41 bits per heavy atom. The standard InChI is InChI=1S/C16H13BrN4S/c1-9-4-13(17)8-21-14(7-19-15(9)21)5-12(6-18)16-20-10(2)11(3)22-16/h4-5,7-8H,1-3H3/b12-5+. The Balaban J connectivity index is 2.16. The highest BCUT2D eigenvalue weighted by atomic mass is 79.9. The van der Waals surface area contributed by atoms with Crippen molar-refractivity contribution in [2.45, 2.75) is 20.8 Å². The van der Waals surface area contributed by atoms with Crippen molar-refractivity contribution in [3.05, 3.63) is 49.8 Å². The molecule has 0 saturated heterocycles. The number of nitriles is 1. The summed E-state index contributed by atoms with van der Waals surface area (Å²) < 4.78 is 2.95. The van der Waals surface area contributed by atoms with Gasteiger partial charge in [0, 0.05) is 15.5 Å². The van der Waals surface area contributed by atoms with E-state index in [9.17, 15) is 5.26 Å². The van der Waals surface area contributed by atoms with Crippen LogP contribution in [0.15, 0.2) is 22.9 Å². The lowest BCUT2D eigenvalue weighted by atomic mass is 10.2. The van der Waals surface area contributed by atoms with Gasteiger partial charge >= 0.3 is 0 Å². The number of rotatable bonds is 2. The molecule has 4 nitrogen and oxygen atoms in total. The van der Waals surface area contributed by atoms with Gasteiger partial charge in [0.25, 0.3) is 0 Å². The SMILES string of the molecule is Cc1nc(/C(C#N)=C/c2cnc3c(C)cc(Br)cn23)sc1C. The molecule has 0 N–H and O–H groups in total. The van der Waals surface area contributed by atoms with Crippen LogP contribution in [-0.4, -0.2) is 14.4 Å². The van der Waals surface area contributed by atoms with E-state index in [2.05, 4.69) is 32.0 Å². The molecule has 3 aromatic rings. The van der Waals surface area contributed by atoms with E-state index < -0.39 is 0 Å². The molecular formula is C16H13BrN4S. The third kappa shape index (κ3) is 2.58. The van der Waals surface area contributed by atoms with E-state index in [1.807, 2.05) is 43.5 Å². The van der Waals surface area contributed by atoms with Crippen LogP contribution in [0.25, 0.3) is 17.3 Å². The number of allylic oxidation sites excluding steroid dienone is 1. The predicted molar refractivity (Wildman–Crippen MR) is 92.7 cm³/mol. The Bertz CT molecular complexity index is 924. The summed E-state index contributed by atoms with van der Waals surface area (Å²) >= 11 is 5.04. The number of thiazole rings is 1. The minimum atomic E-state index is 0.556. The number of hydrogen-bond donors (Lipinski definition) is 0. The summed E-state index contributed by atoms with van der Waals surface area (Å²) in [7, 11) is 0. The van der Waals surface area contributed by atoms with Gasteiger partial charge in [0.1, 0.15) is 16.7 Å². The molecule has 0 fully saturated rings. The lowest BCUT2D eigenvalue weighted by Gasteiger charge is -2.02. The van der Waals surface area contributed by atoms with E-state index in [0.717, 1.165) is 37.0 Å². The van der Waals surface area contributed by atoms with E-state index in [1.54, 1.807) is 6.20 Å². The van der Waals surface area contributed by atoms with Crippen molar-refractivity contribution < 1.29 is 0 Å². The van der Waals surface area contributed by atoms with Crippen LogP contribution in [0.4, 0.5) is 0 Å². The average Bonchev–Trinajstić information content (AvgIpc) is 3.01. The van der Waals surface area contributed by atoms with Crippen LogP contribution in [0.1, 0.15) is 26.8 Å². The Labute approximate surface area is 140 Å². The van der Waals surface area contributed by atoms with Gasteiger partial charge in [0.05, 0.1) is 23.2 Å². The zero-order valence-corrected chi connectivity index (χ0v) is 14.8. The first-order valence-corrected chi connectivity index (χ1v) is 8.30. The largest absolute Gasteiger partial charge is 0.299 e. The maximum absolute atomic E-state index is 9.47. The summed E-state index contributed by atoms with van der Waals surface area (Å²) in [6.07, 6.45) is 5.57. The third-order valence-electron chi connectivity index (χ3n) is 3.46. The van der Waals surface area contributed by atoms with Crippen LogP contribution < -0.4 is 0 Å². The van der Waals surface area contributed by atoms with Gasteiger partial charge in [-0.1, -0.05) is 0 Å². The van der Waals surface area contributed by atoms with E-state index >= 15 is 0 Å². The number of fused-ring (bicyclic) bond motifs is 1. The first-order chi connectivity index (χ1) is 10.5. The Morgan fingerprint density at radius 3 is 2.82 bits per heavy atom. The smallest absolute Gasteiger partial charge is 0.140 e. The van der Waals surface area contributed by atoms with Crippen LogP contribution >= 0.6 is 27.3 Å². The van der Waals surface area contributed by atoms with Crippen molar-refractivity contribution >= 4 is 44.6 Å². The molecule has 22 heavy (non-hydrogen) atoms. The fourth-order valence-electron chi connectivity index (χ4n) is 2.22. The maximum atomic E-state index is 9.47. The van der Waals surface area contributed by atoms with Crippen molar-refractivity contribution in [3.63, 3.8) is 0 Å². The molecule has 6 heteroatoms. The molecule has 0 spiro atoms. The normalized spacial score (nSPS) is 11.9. The van der Waals surface area contributed by atoms with Crippen molar-refractivity contribution in [1.82, 2.24) is 14.4 Å². The fourth-order valence-corrected chi connectivity index (χ4v) is 3.65. The quantitative estimate of drug-likeness (QED) is 0.620. The number of aryl methyl sites for hydroxylation is 3. The van der Waals surface area contributed by atoms with Crippen LogP contribution in [0.5, 0.6) is 0 Å². The topological polar surface area (TPSA) is 54.0 Å². The molecule has 0 aromatic carbocycles. The van der Waals surface area contributed by atoms with Gasteiger partial charge in [0.15, 0.2) is 0 Å². The van der Waals surface area contributed by atoms with Crippen molar-refractivity contribution in [2.75, 3.05) is 0 Å². The zero-order valence-electron chi connectivity index (χ0n) is 12.4. The number of nitrogens with zero attached hydrogens (tertiary/aromatic N) is 4. The lowest BCUT2D eigenvalue weighted by molar-refractivity contribution is 1.14. The van der Waals surface area contributed by atoms with Gasteiger partial charge in [-0.2, -0.15) is 5.26 Å². The Hall–Kier alpha value is -1.97. The van der Waals surface area contributed by atoms with Gasteiger partial charge < -0.3 is 0 Å². The summed E-state index contributed by atoms with van der Waals surface area (Å²) in [4.78, 5) is 10.0. The summed E-state index contributed by atoms with van der Waals surface area (Å²) in [5.41, 5.74) is 4.35. The molecule has 0 saturated carbocycles. The Kier molecular flexibility index (Phi) is 3.85. The predicted octanol–water partition coefficient (Wildman–Crippen LogP) is 4.54. The molecule has 0 amide bonds. The molecule has 3 rings (SSSR count). The summed E-state index contributed by atoms with van der Waals surface area (Å²) in [6.45, 7) is 5.98. The second-order valence-electron chi connectivity index (χ2n) is 5.05. The Morgan fingerprint density at radius 2 is 2.18 bits per heavy atom. The molecule has 0 aliphatic rings. The van der Waals surface area contributed by atoms with Crippen LogP contribution in [0.2, 0.25) is 0 Å². The first kappa shape index (κ1) is 14.9. The molecule has 0 aliphatic heterocycles. The van der Waals surface area contributed by atoms with Crippen LogP contribution in [-0.2, 0) is 0 Å². The lowest BCUT2D eigenvalue weighted by Crippen LogP contribution is -1.91. The average molecular weight is 373 g/mol. The van der Waals surface area contributed by atoms with Gasteiger partial charge in [-0.05, 0) is 54.4 Å². The molecule has 3 heterocycles. The van der Waals surface area contributed by atoms with E-state index in [0.29, 0.717) is 5.57 Å². The maximum Gasteiger partial charge on any atom is 0.140 e. The minimum absolute atomic E-state index is 0.556. The van der Waals surface area contributed by atoms with Crippen LogP contribution in [0.3, 0.4) is 0 Å². The van der Waals surface area contributed by atoms with E-state index in [-0.39, 0.29) is 0 Å².